The average molecular weight is 281 g/mol. The quantitative estimate of drug-likeness (QED) is 0.848. The minimum atomic E-state index is -0.160. The minimum absolute atomic E-state index is 0.160. The molecule has 0 aromatic carbocycles. The average Bonchev–Trinajstić information content (AvgIpc) is 3.21. The smallest absolute Gasteiger partial charge is 0.271 e. The van der Waals surface area contributed by atoms with Crippen LogP contribution in [0.1, 0.15) is 29.0 Å². The topological polar surface area (TPSA) is 82.2 Å². The predicted octanol–water partition coefficient (Wildman–Crippen LogP) is 0.686. The maximum Gasteiger partial charge on any atom is 0.271 e. The van der Waals surface area contributed by atoms with Gasteiger partial charge in [-0.05, 0) is 30.9 Å². The van der Waals surface area contributed by atoms with Gasteiger partial charge in [-0.25, -0.2) is 4.98 Å². The first-order chi connectivity index (χ1) is 10.2. The van der Waals surface area contributed by atoms with Crippen molar-refractivity contribution in [3.05, 3.63) is 35.9 Å². The maximum absolute atomic E-state index is 12.4. The highest BCUT2D eigenvalue weighted by atomic mass is 16.2. The van der Waals surface area contributed by atoms with Crippen molar-refractivity contribution >= 4 is 11.4 Å². The zero-order valence-corrected chi connectivity index (χ0v) is 11.4. The third kappa shape index (κ3) is 1.98. The molecule has 1 saturated carbocycles. The lowest BCUT2D eigenvalue weighted by Gasteiger charge is -2.23. The van der Waals surface area contributed by atoms with Gasteiger partial charge in [0.25, 0.3) is 5.91 Å². The normalized spacial score (nSPS) is 26.9. The van der Waals surface area contributed by atoms with Gasteiger partial charge in [0, 0.05) is 24.8 Å². The Morgan fingerprint density at radius 2 is 2.38 bits per heavy atom. The van der Waals surface area contributed by atoms with Crippen LogP contribution in [0, 0.1) is 17.2 Å². The highest BCUT2D eigenvalue weighted by Gasteiger charge is 2.40. The molecule has 2 aliphatic rings. The Hall–Kier alpha value is -2.39. The molecule has 2 fully saturated rings. The van der Waals surface area contributed by atoms with E-state index in [-0.39, 0.29) is 11.9 Å². The van der Waals surface area contributed by atoms with Crippen LogP contribution in [0.5, 0.6) is 0 Å². The van der Waals surface area contributed by atoms with E-state index in [0.717, 1.165) is 24.9 Å². The Kier molecular flexibility index (Phi) is 2.69. The van der Waals surface area contributed by atoms with Gasteiger partial charge in [-0.3, -0.25) is 4.79 Å². The molecule has 3 atom stereocenters. The van der Waals surface area contributed by atoms with Crippen molar-refractivity contribution < 1.29 is 4.79 Å². The summed E-state index contributed by atoms with van der Waals surface area (Å²) in [7, 11) is 0. The fourth-order valence-electron chi connectivity index (χ4n) is 3.47. The van der Waals surface area contributed by atoms with Crippen LogP contribution in [-0.2, 0) is 0 Å². The fraction of sp³-hybridized carbons (Fsp3) is 0.400. The van der Waals surface area contributed by atoms with E-state index in [1.807, 2.05) is 6.07 Å². The molecular weight excluding hydrogens is 266 g/mol. The van der Waals surface area contributed by atoms with Crippen LogP contribution < -0.4 is 10.6 Å². The number of aromatic nitrogens is 2. The Morgan fingerprint density at radius 1 is 1.48 bits per heavy atom. The number of nitriles is 1. The van der Waals surface area contributed by atoms with Crippen molar-refractivity contribution in [1.29, 1.82) is 5.26 Å². The number of carbonyl (C=O) groups excluding carboxylic acids is 1. The lowest BCUT2D eigenvalue weighted by atomic mass is 10.0. The van der Waals surface area contributed by atoms with E-state index in [1.165, 1.54) is 0 Å². The van der Waals surface area contributed by atoms with Gasteiger partial charge < -0.3 is 15.0 Å². The molecule has 1 saturated heterocycles. The van der Waals surface area contributed by atoms with Crippen molar-refractivity contribution in [2.24, 2.45) is 5.92 Å². The highest BCUT2D eigenvalue weighted by molar-refractivity contribution is 5.92. The molecule has 1 amide bonds. The van der Waals surface area contributed by atoms with E-state index in [2.05, 4.69) is 21.7 Å². The highest BCUT2D eigenvalue weighted by Crippen LogP contribution is 2.31. The molecule has 0 radical (unpaired) electrons. The Bertz CT molecular complexity index is 759. The van der Waals surface area contributed by atoms with E-state index in [0.29, 0.717) is 23.3 Å². The predicted molar refractivity (Wildman–Crippen MR) is 75.7 cm³/mol. The summed E-state index contributed by atoms with van der Waals surface area (Å²) in [4.78, 5) is 16.6. The summed E-state index contributed by atoms with van der Waals surface area (Å²) in [5, 5.41) is 15.6. The van der Waals surface area contributed by atoms with Crippen LogP contribution in [0.15, 0.2) is 24.5 Å². The zero-order valence-electron chi connectivity index (χ0n) is 11.4. The van der Waals surface area contributed by atoms with Gasteiger partial charge >= 0.3 is 0 Å². The van der Waals surface area contributed by atoms with E-state index in [1.54, 1.807) is 22.9 Å². The third-order valence-electron chi connectivity index (χ3n) is 4.56. The van der Waals surface area contributed by atoms with Gasteiger partial charge in [0.1, 0.15) is 17.5 Å². The lowest BCUT2D eigenvalue weighted by Crippen LogP contribution is -2.44. The number of amides is 1. The summed E-state index contributed by atoms with van der Waals surface area (Å²) in [5.74, 6) is 0.371. The molecule has 2 N–H and O–H groups in total. The molecule has 21 heavy (non-hydrogen) atoms. The van der Waals surface area contributed by atoms with Crippen molar-refractivity contribution in [2.75, 3.05) is 6.54 Å². The van der Waals surface area contributed by atoms with Crippen LogP contribution in [0.25, 0.3) is 5.52 Å². The number of hydrogen-bond donors (Lipinski definition) is 2. The SMILES string of the molecule is N#Cc1ccc2cnc(C(=O)NC3CC4CC3CN4)cn12. The minimum Gasteiger partial charge on any atom is -0.348 e. The Balaban J connectivity index is 1.58. The molecule has 2 aromatic rings. The molecule has 3 heterocycles. The number of hydrogen-bond acceptors (Lipinski definition) is 4. The number of rotatable bonds is 2. The number of fused-ring (bicyclic) bond motifs is 3. The summed E-state index contributed by atoms with van der Waals surface area (Å²) in [6.07, 6.45) is 5.39. The van der Waals surface area contributed by atoms with Crippen LogP contribution >= 0.6 is 0 Å². The lowest BCUT2D eigenvalue weighted by molar-refractivity contribution is 0.0919. The molecule has 0 spiro atoms. The maximum atomic E-state index is 12.4. The summed E-state index contributed by atoms with van der Waals surface area (Å²) in [6, 6.07) is 6.43. The zero-order chi connectivity index (χ0) is 14.4. The molecule has 6 heteroatoms. The van der Waals surface area contributed by atoms with E-state index >= 15 is 0 Å². The van der Waals surface area contributed by atoms with Crippen LogP contribution in [0.3, 0.4) is 0 Å². The van der Waals surface area contributed by atoms with Crippen molar-refractivity contribution in [2.45, 2.75) is 24.9 Å². The molecule has 4 rings (SSSR count). The summed E-state index contributed by atoms with van der Waals surface area (Å²) < 4.78 is 1.70. The van der Waals surface area contributed by atoms with Gasteiger partial charge in [0.05, 0.1) is 11.7 Å². The summed E-state index contributed by atoms with van der Waals surface area (Å²) in [6.45, 7) is 0.984. The van der Waals surface area contributed by atoms with Gasteiger partial charge in [-0.1, -0.05) is 0 Å². The van der Waals surface area contributed by atoms with Gasteiger partial charge in [-0.2, -0.15) is 5.26 Å². The molecule has 106 valence electrons. The van der Waals surface area contributed by atoms with E-state index < -0.39 is 0 Å². The Morgan fingerprint density at radius 3 is 3.10 bits per heavy atom. The largest absolute Gasteiger partial charge is 0.348 e. The van der Waals surface area contributed by atoms with Gasteiger partial charge in [0.15, 0.2) is 0 Å². The molecule has 3 unspecified atom stereocenters. The number of piperidine rings is 1. The van der Waals surface area contributed by atoms with Crippen LogP contribution in [0.4, 0.5) is 0 Å². The van der Waals surface area contributed by atoms with E-state index in [4.69, 9.17) is 5.26 Å². The third-order valence-corrected chi connectivity index (χ3v) is 4.56. The van der Waals surface area contributed by atoms with Crippen molar-refractivity contribution in [3.63, 3.8) is 0 Å². The number of nitrogens with one attached hydrogen (secondary N) is 2. The second-order valence-corrected chi connectivity index (χ2v) is 5.81. The van der Waals surface area contributed by atoms with Crippen LogP contribution in [0.2, 0.25) is 0 Å². The first kappa shape index (κ1) is 12.4. The van der Waals surface area contributed by atoms with Crippen molar-refractivity contribution in [3.8, 4) is 6.07 Å². The number of carbonyl (C=O) groups is 1. The number of nitrogens with zero attached hydrogens (tertiary/aromatic N) is 3. The Labute approximate surface area is 121 Å². The second kappa shape index (κ2) is 4.57. The molecular formula is C15H15N5O. The first-order valence-electron chi connectivity index (χ1n) is 7.16. The summed E-state index contributed by atoms with van der Waals surface area (Å²) in [5.41, 5.74) is 1.67. The van der Waals surface area contributed by atoms with Gasteiger partial charge in [0.2, 0.25) is 0 Å². The summed E-state index contributed by atoms with van der Waals surface area (Å²) >= 11 is 0. The molecule has 1 aliphatic carbocycles. The molecule has 2 aromatic heterocycles. The molecule has 2 bridgehead atoms. The standard InChI is InChI=1S/C15H15N5O/c16-5-11-1-2-12-7-18-14(8-20(11)12)15(21)19-13-4-10-3-9(13)6-17-10/h1-2,7-10,13,17H,3-4,6H2,(H,19,21). The van der Waals surface area contributed by atoms with E-state index in [9.17, 15) is 4.79 Å². The second-order valence-electron chi connectivity index (χ2n) is 5.81. The monoisotopic (exact) mass is 281 g/mol. The molecule has 6 nitrogen and oxygen atoms in total. The molecule has 1 aliphatic heterocycles. The van der Waals surface area contributed by atoms with Crippen LogP contribution in [-0.4, -0.2) is 33.9 Å². The van der Waals surface area contributed by atoms with Crippen molar-refractivity contribution in [1.82, 2.24) is 20.0 Å². The fourth-order valence-corrected chi connectivity index (χ4v) is 3.47. The van der Waals surface area contributed by atoms with Gasteiger partial charge in [-0.15, -0.1) is 0 Å². The first-order valence-corrected chi connectivity index (χ1v) is 7.16.